The molecule has 0 radical (unpaired) electrons. The highest BCUT2D eigenvalue weighted by atomic mass is 35.5. The molecule has 2 N–H and O–H groups in total. The fraction of sp³-hybridized carbons (Fsp3) is 0.143. The molecule has 0 saturated carbocycles. The second kappa shape index (κ2) is 6.20. The van der Waals surface area contributed by atoms with Crippen molar-refractivity contribution >= 4 is 23.2 Å². The summed E-state index contributed by atoms with van der Waals surface area (Å²) >= 11 is 11.7. The Bertz CT molecular complexity index is 650. The van der Waals surface area contributed by atoms with Crippen molar-refractivity contribution in [1.82, 2.24) is 0 Å². The molecule has 112 valence electrons. The van der Waals surface area contributed by atoms with Crippen molar-refractivity contribution < 1.29 is 24.4 Å². The smallest absolute Gasteiger partial charge is 0.203 e. The number of hydrogen-bond acceptors (Lipinski definition) is 5. The molecule has 2 aromatic carbocycles. The maximum atomic E-state index is 9.86. The second-order valence-electron chi connectivity index (χ2n) is 4.02. The zero-order chi connectivity index (χ0) is 15.6. The van der Waals surface area contributed by atoms with E-state index >= 15 is 0 Å². The van der Waals surface area contributed by atoms with Crippen molar-refractivity contribution in [3.63, 3.8) is 0 Å². The Morgan fingerprint density at radius 1 is 0.857 bits per heavy atom. The van der Waals surface area contributed by atoms with Crippen molar-refractivity contribution in [2.75, 3.05) is 14.2 Å². The lowest BCUT2D eigenvalue weighted by Gasteiger charge is -2.14. The van der Waals surface area contributed by atoms with Crippen LogP contribution in [0.2, 0.25) is 10.0 Å². The maximum absolute atomic E-state index is 9.86. The molecule has 0 heterocycles. The van der Waals surface area contributed by atoms with Crippen LogP contribution in [0.15, 0.2) is 24.3 Å². The average Bonchev–Trinajstić information content (AvgIpc) is 2.44. The van der Waals surface area contributed by atoms with Gasteiger partial charge in [-0.2, -0.15) is 0 Å². The van der Waals surface area contributed by atoms with E-state index in [2.05, 4.69) is 0 Å². The van der Waals surface area contributed by atoms with Crippen LogP contribution in [0, 0.1) is 0 Å². The first-order valence-corrected chi connectivity index (χ1v) is 6.52. The van der Waals surface area contributed by atoms with E-state index in [0.717, 1.165) is 0 Å². The number of phenols is 2. The van der Waals surface area contributed by atoms with Crippen molar-refractivity contribution in [2.24, 2.45) is 0 Å². The summed E-state index contributed by atoms with van der Waals surface area (Å²) < 4.78 is 15.7. The summed E-state index contributed by atoms with van der Waals surface area (Å²) in [5.41, 5.74) is 0. The minimum atomic E-state index is -0.230. The first kappa shape index (κ1) is 15.4. The lowest BCUT2D eigenvalue weighted by Crippen LogP contribution is -1.93. The average molecular weight is 331 g/mol. The van der Waals surface area contributed by atoms with Crippen LogP contribution >= 0.6 is 23.2 Å². The molecule has 2 rings (SSSR count). The first-order chi connectivity index (χ1) is 9.96. The lowest BCUT2D eigenvalue weighted by atomic mass is 10.2. The Kier molecular flexibility index (Phi) is 4.55. The zero-order valence-corrected chi connectivity index (χ0v) is 12.7. The van der Waals surface area contributed by atoms with E-state index in [9.17, 15) is 10.2 Å². The number of phenolic OH excluding ortho intramolecular Hbond substituents is 2. The molecule has 21 heavy (non-hydrogen) atoms. The molecular weight excluding hydrogens is 319 g/mol. The van der Waals surface area contributed by atoms with Gasteiger partial charge < -0.3 is 24.4 Å². The first-order valence-electron chi connectivity index (χ1n) is 5.77. The summed E-state index contributed by atoms with van der Waals surface area (Å²) in [7, 11) is 2.85. The highest BCUT2D eigenvalue weighted by molar-refractivity contribution is 6.37. The Balaban J connectivity index is 2.45. The van der Waals surface area contributed by atoms with Crippen molar-refractivity contribution in [3.05, 3.63) is 34.3 Å². The van der Waals surface area contributed by atoms with Gasteiger partial charge in [0.2, 0.25) is 5.75 Å². The van der Waals surface area contributed by atoms with E-state index < -0.39 is 0 Å². The van der Waals surface area contributed by atoms with Gasteiger partial charge in [-0.25, -0.2) is 0 Å². The Hall–Kier alpha value is -1.98. The monoisotopic (exact) mass is 330 g/mol. The van der Waals surface area contributed by atoms with Crippen LogP contribution in [0.25, 0.3) is 0 Å². The molecule has 0 bridgehead atoms. The van der Waals surface area contributed by atoms with Crippen LogP contribution in [0.3, 0.4) is 0 Å². The SMILES string of the molecule is COc1cc(O)c(OC)c(Oc2cc(Cl)c(O)c(Cl)c2)c1. The third kappa shape index (κ3) is 3.20. The van der Waals surface area contributed by atoms with Gasteiger partial charge in [0.15, 0.2) is 17.2 Å². The largest absolute Gasteiger partial charge is 0.505 e. The number of ether oxygens (including phenoxy) is 3. The van der Waals surface area contributed by atoms with Gasteiger partial charge in [0, 0.05) is 24.3 Å². The molecule has 0 unspecified atom stereocenters. The Labute approximate surface area is 131 Å². The fourth-order valence-corrected chi connectivity index (χ4v) is 2.16. The molecule has 7 heteroatoms. The number of halogens is 2. The van der Waals surface area contributed by atoms with Gasteiger partial charge in [0.25, 0.3) is 0 Å². The van der Waals surface area contributed by atoms with E-state index in [1.165, 1.54) is 38.5 Å². The van der Waals surface area contributed by atoms with Gasteiger partial charge in [-0.3, -0.25) is 0 Å². The molecule has 2 aromatic rings. The predicted octanol–water partition coefficient (Wildman–Crippen LogP) is 4.21. The van der Waals surface area contributed by atoms with Crippen molar-refractivity contribution in [1.29, 1.82) is 0 Å². The van der Waals surface area contributed by atoms with Gasteiger partial charge >= 0.3 is 0 Å². The van der Waals surface area contributed by atoms with Gasteiger partial charge in [-0.15, -0.1) is 0 Å². The molecule has 0 saturated heterocycles. The van der Waals surface area contributed by atoms with Gasteiger partial charge in [-0.1, -0.05) is 23.2 Å². The molecule has 0 aliphatic rings. The second-order valence-corrected chi connectivity index (χ2v) is 4.83. The molecule has 0 aliphatic heterocycles. The zero-order valence-electron chi connectivity index (χ0n) is 11.2. The topological polar surface area (TPSA) is 68.2 Å². The molecule has 0 amide bonds. The van der Waals surface area contributed by atoms with Gasteiger partial charge in [0.05, 0.1) is 24.3 Å². The summed E-state index contributed by atoms with van der Waals surface area (Å²) in [4.78, 5) is 0. The number of methoxy groups -OCH3 is 2. The molecule has 0 spiro atoms. The Morgan fingerprint density at radius 3 is 2.00 bits per heavy atom. The lowest BCUT2D eigenvalue weighted by molar-refractivity contribution is 0.341. The van der Waals surface area contributed by atoms with Crippen LogP contribution in [0.5, 0.6) is 34.5 Å². The summed E-state index contributed by atoms with van der Waals surface area (Å²) in [5.74, 6) is 0.644. The Morgan fingerprint density at radius 2 is 1.48 bits per heavy atom. The molecular formula is C14H12Cl2O5. The summed E-state index contributed by atoms with van der Waals surface area (Å²) in [5, 5.41) is 19.5. The minimum absolute atomic E-state index is 0.0450. The summed E-state index contributed by atoms with van der Waals surface area (Å²) in [6.45, 7) is 0. The van der Waals surface area contributed by atoms with Gasteiger partial charge in [-0.05, 0) is 0 Å². The predicted molar refractivity (Wildman–Crippen MR) is 79.4 cm³/mol. The van der Waals surface area contributed by atoms with E-state index in [-0.39, 0.29) is 38.8 Å². The van der Waals surface area contributed by atoms with E-state index in [1.54, 1.807) is 0 Å². The maximum Gasteiger partial charge on any atom is 0.203 e. The van der Waals surface area contributed by atoms with Gasteiger partial charge in [0.1, 0.15) is 11.5 Å². The van der Waals surface area contributed by atoms with Crippen LogP contribution in [0.1, 0.15) is 0 Å². The van der Waals surface area contributed by atoms with E-state index in [0.29, 0.717) is 5.75 Å². The normalized spacial score (nSPS) is 10.3. The third-order valence-corrected chi connectivity index (χ3v) is 3.24. The fourth-order valence-electron chi connectivity index (χ4n) is 1.69. The molecule has 0 atom stereocenters. The van der Waals surface area contributed by atoms with Crippen molar-refractivity contribution in [3.8, 4) is 34.5 Å². The van der Waals surface area contributed by atoms with E-state index in [1.807, 2.05) is 0 Å². The molecule has 0 aromatic heterocycles. The number of hydrogen-bond donors (Lipinski definition) is 2. The van der Waals surface area contributed by atoms with Crippen LogP contribution in [0.4, 0.5) is 0 Å². The van der Waals surface area contributed by atoms with Crippen molar-refractivity contribution in [2.45, 2.75) is 0 Å². The van der Waals surface area contributed by atoms with Crippen LogP contribution in [-0.4, -0.2) is 24.4 Å². The summed E-state index contributed by atoms with van der Waals surface area (Å²) in [6.07, 6.45) is 0. The highest BCUT2D eigenvalue weighted by Gasteiger charge is 2.15. The molecule has 5 nitrogen and oxygen atoms in total. The molecule has 0 fully saturated rings. The standard InChI is InChI=1S/C14H12Cl2O5/c1-19-7-5-11(17)14(20-2)12(6-7)21-8-3-9(15)13(18)10(16)4-8/h3-6,17-18H,1-2H3. The van der Waals surface area contributed by atoms with Crippen LogP contribution < -0.4 is 14.2 Å². The quantitative estimate of drug-likeness (QED) is 0.878. The highest BCUT2D eigenvalue weighted by Crippen LogP contribution is 2.44. The number of aromatic hydroxyl groups is 2. The summed E-state index contributed by atoms with van der Waals surface area (Å²) in [6, 6.07) is 5.70. The minimum Gasteiger partial charge on any atom is -0.505 e. The number of benzene rings is 2. The third-order valence-electron chi connectivity index (χ3n) is 2.67. The van der Waals surface area contributed by atoms with Crippen LogP contribution in [-0.2, 0) is 0 Å². The number of rotatable bonds is 4. The molecule has 0 aliphatic carbocycles. The van der Waals surface area contributed by atoms with E-state index in [4.69, 9.17) is 37.4 Å².